The van der Waals surface area contributed by atoms with Gasteiger partial charge in [0.2, 0.25) is 0 Å². The van der Waals surface area contributed by atoms with Crippen LogP contribution in [0.2, 0.25) is 0 Å². The lowest BCUT2D eigenvalue weighted by molar-refractivity contribution is 0.187. The smallest absolute Gasteiger partial charge is 0.191 e. The summed E-state index contributed by atoms with van der Waals surface area (Å²) in [6.45, 7) is 15.6. The Labute approximate surface area is 161 Å². The van der Waals surface area contributed by atoms with Gasteiger partial charge in [0.05, 0.1) is 0 Å². The Morgan fingerprint density at radius 1 is 1.17 bits per heavy atom. The molecule has 1 rings (SSSR count). The molecule has 0 atom stereocenters. The van der Waals surface area contributed by atoms with Crippen LogP contribution in [-0.4, -0.2) is 50.1 Å². The Balaban J connectivity index is 0.00000484. The fourth-order valence-corrected chi connectivity index (χ4v) is 3.02. The van der Waals surface area contributed by atoms with Crippen LogP contribution in [0.15, 0.2) is 4.99 Å². The highest BCUT2D eigenvalue weighted by Crippen LogP contribution is 2.19. The number of rotatable bonds is 9. The van der Waals surface area contributed by atoms with E-state index in [1.165, 1.54) is 51.7 Å². The summed E-state index contributed by atoms with van der Waals surface area (Å²) >= 11 is 0. The molecule has 4 nitrogen and oxygen atoms in total. The second-order valence-corrected chi connectivity index (χ2v) is 6.89. The van der Waals surface area contributed by atoms with Gasteiger partial charge in [-0.15, -0.1) is 24.0 Å². The van der Waals surface area contributed by atoms with Crippen molar-refractivity contribution in [1.82, 2.24) is 15.5 Å². The number of likely N-dealkylation sites (tertiary alicyclic amines) is 1. The van der Waals surface area contributed by atoms with Crippen molar-refractivity contribution < 1.29 is 0 Å². The number of hydrogen-bond donors (Lipinski definition) is 2. The van der Waals surface area contributed by atoms with Crippen molar-refractivity contribution in [3.63, 3.8) is 0 Å². The van der Waals surface area contributed by atoms with Gasteiger partial charge in [-0.05, 0) is 70.5 Å². The van der Waals surface area contributed by atoms with Gasteiger partial charge < -0.3 is 15.5 Å². The second-order valence-electron chi connectivity index (χ2n) is 6.89. The van der Waals surface area contributed by atoms with Gasteiger partial charge >= 0.3 is 0 Å². The number of aliphatic imine (C=N–C) groups is 1. The number of halogens is 1. The van der Waals surface area contributed by atoms with Gasteiger partial charge in [-0.25, -0.2) is 0 Å². The first-order valence-corrected chi connectivity index (χ1v) is 9.40. The summed E-state index contributed by atoms with van der Waals surface area (Å²) in [6, 6.07) is 0. The molecule has 1 fully saturated rings. The highest BCUT2D eigenvalue weighted by Gasteiger charge is 2.17. The fourth-order valence-electron chi connectivity index (χ4n) is 3.02. The van der Waals surface area contributed by atoms with Crippen LogP contribution in [0.1, 0.15) is 59.8 Å². The minimum absolute atomic E-state index is 0. The Hall–Kier alpha value is -0.0400. The molecular formula is C18H39IN4. The van der Waals surface area contributed by atoms with Crippen LogP contribution < -0.4 is 10.6 Å². The third-order valence-corrected chi connectivity index (χ3v) is 4.55. The van der Waals surface area contributed by atoms with Crippen molar-refractivity contribution in [2.24, 2.45) is 16.8 Å². The van der Waals surface area contributed by atoms with E-state index in [4.69, 9.17) is 0 Å². The Kier molecular flexibility index (Phi) is 14.3. The van der Waals surface area contributed by atoms with Crippen LogP contribution in [-0.2, 0) is 0 Å². The summed E-state index contributed by atoms with van der Waals surface area (Å²) in [5.74, 6) is 2.66. The monoisotopic (exact) mass is 438 g/mol. The molecule has 0 aromatic carbocycles. The zero-order valence-corrected chi connectivity index (χ0v) is 18.1. The predicted octanol–water partition coefficient (Wildman–Crippen LogP) is 3.72. The van der Waals surface area contributed by atoms with Gasteiger partial charge in [-0.3, -0.25) is 4.99 Å². The third kappa shape index (κ3) is 11.2. The van der Waals surface area contributed by atoms with Crippen molar-refractivity contribution in [3.8, 4) is 0 Å². The van der Waals surface area contributed by atoms with E-state index >= 15 is 0 Å². The summed E-state index contributed by atoms with van der Waals surface area (Å²) in [7, 11) is 0. The molecule has 1 heterocycles. The highest BCUT2D eigenvalue weighted by atomic mass is 127. The molecule has 0 amide bonds. The first-order valence-electron chi connectivity index (χ1n) is 9.40. The highest BCUT2D eigenvalue weighted by molar-refractivity contribution is 14.0. The number of hydrogen-bond acceptors (Lipinski definition) is 2. The van der Waals surface area contributed by atoms with E-state index in [9.17, 15) is 0 Å². The molecule has 1 aliphatic rings. The molecule has 0 saturated carbocycles. The molecule has 0 aliphatic carbocycles. The lowest BCUT2D eigenvalue weighted by atomic mass is 9.93. The zero-order valence-electron chi connectivity index (χ0n) is 15.7. The van der Waals surface area contributed by atoms with E-state index in [0.29, 0.717) is 0 Å². The Morgan fingerprint density at radius 2 is 1.87 bits per heavy atom. The predicted molar refractivity (Wildman–Crippen MR) is 113 cm³/mol. The molecule has 1 aliphatic heterocycles. The van der Waals surface area contributed by atoms with E-state index in [2.05, 4.69) is 48.2 Å². The van der Waals surface area contributed by atoms with E-state index in [0.717, 1.165) is 37.4 Å². The number of guanidine groups is 1. The topological polar surface area (TPSA) is 39.7 Å². The average molecular weight is 438 g/mol. The van der Waals surface area contributed by atoms with E-state index in [1.54, 1.807) is 0 Å². The molecule has 1 saturated heterocycles. The van der Waals surface area contributed by atoms with Gasteiger partial charge in [0, 0.05) is 19.6 Å². The van der Waals surface area contributed by atoms with Gasteiger partial charge in [-0.1, -0.05) is 20.8 Å². The maximum Gasteiger partial charge on any atom is 0.191 e. The maximum atomic E-state index is 4.68. The molecule has 5 heteroatoms. The van der Waals surface area contributed by atoms with Crippen LogP contribution in [0.3, 0.4) is 0 Å². The standard InChI is InChI=1S/C18H38N4.HI/c1-5-19-18(20-12-7-8-16(3)4)21-13-9-17-10-14-22(6-2)15-11-17;/h16-17H,5-15H2,1-4H3,(H2,19,20,21);1H. The number of nitrogens with zero attached hydrogens (tertiary/aromatic N) is 2. The van der Waals surface area contributed by atoms with Crippen molar-refractivity contribution >= 4 is 29.9 Å². The fraction of sp³-hybridized carbons (Fsp3) is 0.944. The maximum absolute atomic E-state index is 4.68. The van der Waals surface area contributed by atoms with Gasteiger partial charge in [0.25, 0.3) is 0 Å². The summed E-state index contributed by atoms with van der Waals surface area (Å²) in [5, 5.41) is 6.86. The number of piperidine rings is 1. The minimum atomic E-state index is 0. The molecule has 0 aromatic heterocycles. The zero-order chi connectivity index (χ0) is 16.2. The largest absolute Gasteiger partial charge is 0.357 e. The summed E-state index contributed by atoms with van der Waals surface area (Å²) in [6.07, 6.45) is 6.44. The van der Waals surface area contributed by atoms with Gasteiger partial charge in [0.1, 0.15) is 0 Å². The molecule has 0 spiro atoms. The first-order chi connectivity index (χ1) is 10.7. The minimum Gasteiger partial charge on any atom is -0.357 e. The second kappa shape index (κ2) is 14.3. The van der Waals surface area contributed by atoms with Crippen molar-refractivity contribution in [3.05, 3.63) is 0 Å². The number of nitrogens with one attached hydrogen (secondary N) is 2. The van der Waals surface area contributed by atoms with Crippen molar-refractivity contribution in [1.29, 1.82) is 0 Å². The molecule has 138 valence electrons. The molecular weight excluding hydrogens is 399 g/mol. The van der Waals surface area contributed by atoms with Crippen LogP contribution in [0, 0.1) is 11.8 Å². The average Bonchev–Trinajstić information content (AvgIpc) is 2.52. The van der Waals surface area contributed by atoms with Crippen LogP contribution in [0.4, 0.5) is 0 Å². The lowest BCUT2D eigenvalue weighted by Crippen LogP contribution is -2.39. The van der Waals surface area contributed by atoms with Gasteiger partial charge in [-0.2, -0.15) is 0 Å². The molecule has 23 heavy (non-hydrogen) atoms. The Morgan fingerprint density at radius 3 is 2.43 bits per heavy atom. The van der Waals surface area contributed by atoms with Crippen molar-refractivity contribution in [2.75, 3.05) is 39.3 Å². The van der Waals surface area contributed by atoms with Crippen LogP contribution in [0.25, 0.3) is 0 Å². The molecule has 0 unspecified atom stereocenters. The third-order valence-electron chi connectivity index (χ3n) is 4.55. The SMILES string of the molecule is CCNC(=NCCCC(C)C)NCCC1CCN(CC)CC1.I. The summed E-state index contributed by atoms with van der Waals surface area (Å²) in [4.78, 5) is 7.24. The first kappa shape index (κ1) is 23.0. The van der Waals surface area contributed by atoms with E-state index in [1.807, 2.05) is 0 Å². The molecule has 0 aromatic rings. The van der Waals surface area contributed by atoms with Gasteiger partial charge in [0.15, 0.2) is 5.96 Å². The molecule has 0 radical (unpaired) electrons. The summed E-state index contributed by atoms with van der Waals surface area (Å²) in [5.41, 5.74) is 0. The van der Waals surface area contributed by atoms with E-state index < -0.39 is 0 Å². The molecule has 0 bridgehead atoms. The summed E-state index contributed by atoms with van der Waals surface area (Å²) < 4.78 is 0. The van der Waals surface area contributed by atoms with Crippen molar-refractivity contribution in [2.45, 2.75) is 59.8 Å². The van der Waals surface area contributed by atoms with E-state index in [-0.39, 0.29) is 24.0 Å². The quantitative estimate of drug-likeness (QED) is 0.250. The van der Waals surface area contributed by atoms with Crippen LogP contribution in [0.5, 0.6) is 0 Å². The molecule has 2 N–H and O–H groups in total. The Bertz CT molecular complexity index is 299. The lowest BCUT2D eigenvalue weighted by Gasteiger charge is -2.31. The normalized spacial score (nSPS) is 17.2. The van der Waals surface area contributed by atoms with Crippen LogP contribution >= 0.6 is 24.0 Å².